The number of rotatable bonds is 13. The topological polar surface area (TPSA) is 120 Å². The molecule has 0 aliphatic rings. The van der Waals surface area contributed by atoms with Crippen molar-refractivity contribution in [3.63, 3.8) is 0 Å². The molecule has 10 nitrogen and oxygen atoms in total. The number of anilines is 2. The molecule has 0 aliphatic carbocycles. The van der Waals surface area contributed by atoms with E-state index in [2.05, 4.69) is 5.32 Å². The number of unbranched alkanes of at least 4 members (excludes halogenated alkanes) is 1. The maximum Gasteiger partial charge on any atom is 0.338 e. The number of nitrogens with zero attached hydrogens (tertiary/aromatic N) is 1. The van der Waals surface area contributed by atoms with Crippen LogP contribution in [0.3, 0.4) is 0 Å². The molecular weight excluding hydrogens is 524 g/mol. The summed E-state index contributed by atoms with van der Waals surface area (Å²) in [5.74, 6) is 0.0787. The van der Waals surface area contributed by atoms with Crippen molar-refractivity contribution < 1.29 is 37.0 Å². The Morgan fingerprint density at radius 1 is 0.846 bits per heavy atom. The molecule has 0 fully saturated rings. The zero-order chi connectivity index (χ0) is 28.4. The van der Waals surface area contributed by atoms with E-state index in [1.807, 2.05) is 6.92 Å². The van der Waals surface area contributed by atoms with Gasteiger partial charge in [-0.3, -0.25) is 9.10 Å². The van der Waals surface area contributed by atoms with Gasteiger partial charge >= 0.3 is 5.97 Å². The molecule has 0 heterocycles. The van der Waals surface area contributed by atoms with Crippen LogP contribution in [-0.2, 0) is 19.6 Å². The molecule has 0 bridgehead atoms. The molecule has 11 heteroatoms. The van der Waals surface area contributed by atoms with Gasteiger partial charge in [-0.15, -0.1) is 0 Å². The van der Waals surface area contributed by atoms with Gasteiger partial charge < -0.3 is 24.3 Å². The van der Waals surface area contributed by atoms with Crippen molar-refractivity contribution >= 4 is 33.3 Å². The average molecular weight is 557 g/mol. The molecule has 0 aromatic heterocycles. The summed E-state index contributed by atoms with van der Waals surface area (Å²) in [4.78, 5) is 25.1. The first-order chi connectivity index (χ1) is 18.7. The lowest BCUT2D eigenvalue weighted by Crippen LogP contribution is -2.38. The molecule has 0 atom stereocenters. The number of methoxy groups -OCH3 is 3. The number of ether oxygens (including phenoxy) is 4. The summed E-state index contributed by atoms with van der Waals surface area (Å²) in [6, 6.07) is 16.6. The van der Waals surface area contributed by atoms with Crippen LogP contribution in [-0.4, -0.2) is 54.8 Å². The maximum atomic E-state index is 13.7. The Labute approximate surface area is 228 Å². The third-order valence-corrected chi connectivity index (χ3v) is 7.50. The van der Waals surface area contributed by atoms with Crippen molar-refractivity contribution in [1.82, 2.24) is 0 Å². The van der Waals surface area contributed by atoms with E-state index in [1.54, 1.807) is 36.4 Å². The number of sulfonamides is 1. The molecule has 3 aromatic rings. The fourth-order valence-corrected chi connectivity index (χ4v) is 5.02. The summed E-state index contributed by atoms with van der Waals surface area (Å²) < 4.78 is 49.3. The van der Waals surface area contributed by atoms with Gasteiger partial charge in [0.2, 0.25) is 5.91 Å². The van der Waals surface area contributed by atoms with Crippen LogP contribution in [0, 0.1) is 0 Å². The number of amides is 1. The number of hydrogen-bond donors (Lipinski definition) is 1. The van der Waals surface area contributed by atoms with Crippen molar-refractivity contribution in [3.05, 3.63) is 72.3 Å². The number of nitrogens with one attached hydrogen (secondary N) is 1. The minimum Gasteiger partial charge on any atom is -0.497 e. The lowest BCUT2D eigenvalue weighted by molar-refractivity contribution is -0.114. The molecule has 1 amide bonds. The monoisotopic (exact) mass is 556 g/mol. The predicted molar refractivity (Wildman–Crippen MR) is 147 cm³/mol. The number of esters is 1. The predicted octanol–water partition coefficient (Wildman–Crippen LogP) is 4.50. The van der Waals surface area contributed by atoms with Crippen LogP contribution in [0.4, 0.5) is 11.4 Å². The highest BCUT2D eigenvalue weighted by molar-refractivity contribution is 7.92. The first kappa shape index (κ1) is 29.3. The second kappa shape index (κ2) is 13.5. The molecule has 208 valence electrons. The lowest BCUT2D eigenvalue weighted by Gasteiger charge is -2.24. The Morgan fingerprint density at radius 3 is 2.10 bits per heavy atom. The summed E-state index contributed by atoms with van der Waals surface area (Å²) in [5, 5.41) is 2.68. The van der Waals surface area contributed by atoms with Crippen LogP contribution in [0.1, 0.15) is 30.1 Å². The van der Waals surface area contributed by atoms with Gasteiger partial charge in [0.15, 0.2) is 11.5 Å². The van der Waals surface area contributed by atoms with Gasteiger partial charge in [0.25, 0.3) is 10.0 Å². The number of hydrogen-bond acceptors (Lipinski definition) is 8. The standard InChI is InChI=1S/C28H32N2O8S/c1-5-6-17-38-28(32)20-7-9-21(10-8-20)29-27(31)19-30(22-11-13-23(35-2)14-12-22)39(33,34)24-15-16-25(36-3)26(18-24)37-4/h7-16,18H,5-6,17,19H2,1-4H3,(H,29,31). The van der Waals surface area contributed by atoms with Gasteiger partial charge in [0, 0.05) is 11.8 Å². The number of benzene rings is 3. The van der Waals surface area contributed by atoms with Crippen LogP contribution >= 0.6 is 0 Å². The average Bonchev–Trinajstić information content (AvgIpc) is 2.96. The zero-order valence-corrected chi connectivity index (χ0v) is 23.1. The highest BCUT2D eigenvalue weighted by atomic mass is 32.2. The minimum atomic E-state index is -4.21. The molecule has 0 radical (unpaired) electrons. The molecule has 1 N–H and O–H groups in total. The van der Waals surface area contributed by atoms with Gasteiger partial charge in [-0.2, -0.15) is 0 Å². The Balaban J connectivity index is 1.85. The van der Waals surface area contributed by atoms with Gasteiger partial charge in [-0.1, -0.05) is 13.3 Å². The molecular formula is C28H32N2O8S. The first-order valence-electron chi connectivity index (χ1n) is 12.2. The molecule has 0 aliphatic heterocycles. The molecule has 3 aromatic carbocycles. The van der Waals surface area contributed by atoms with Gasteiger partial charge in [0.05, 0.1) is 44.1 Å². The van der Waals surface area contributed by atoms with E-state index in [-0.39, 0.29) is 16.3 Å². The number of carbonyl (C=O) groups excluding carboxylic acids is 2. The Hall–Kier alpha value is -4.25. The Kier molecular flexibility index (Phi) is 10.2. The van der Waals surface area contributed by atoms with Crippen LogP contribution < -0.4 is 23.8 Å². The van der Waals surface area contributed by atoms with E-state index in [1.165, 1.54) is 51.7 Å². The second-order valence-electron chi connectivity index (χ2n) is 8.34. The highest BCUT2D eigenvalue weighted by Gasteiger charge is 2.28. The third kappa shape index (κ3) is 7.41. The summed E-state index contributed by atoms with van der Waals surface area (Å²) in [7, 11) is 0.132. The first-order valence-corrected chi connectivity index (χ1v) is 13.6. The summed E-state index contributed by atoms with van der Waals surface area (Å²) in [5.41, 5.74) is 0.995. The highest BCUT2D eigenvalue weighted by Crippen LogP contribution is 2.32. The molecule has 0 saturated carbocycles. The van der Waals surface area contributed by atoms with Crippen molar-refractivity contribution in [2.24, 2.45) is 0 Å². The van der Waals surface area contributed by atoms with E-state index in [4.69, 9.17) is 18.9 Å². The van der Waals surface area contributed by atoms with Crippen LogP contribution in [0.15, 0.2) is 71.6 Å². The molecule has 0 unspecified atom stereocenters. The maximum absolute atomic E-state index is 13.7. The smallest absolute Gasteiger partial charge is 0.338 e. The van der Waals surface area contributed by atoms with Gasteiger partial charge in [-0.05, 0) is 67.1 Å². The van der Waals surface area contributed by atoms with E-state index < -0.39 is 28.4 Å². The fraction of sp³-hybridized carbons (Fsp3) is 0.286. The normalized spacial score (nSPS) is 10.9. The summed E-state index contributed by atoms with van der Waals surface area (Å²) >= 11 is 0. The van der Waals surface area contributed by atoms with Crippen LogP contribution in [0.2, 0.25) is 0 Å². The third-order valence-electron chi connectivity index (χ3n) is 5.73. The van der Waals surface area contributed by atoms with Gasteiger partial charge in [0.1, 0.15) is 12.3 Å². The summed E-state index contributed by atoms with van der Waals surface area (Å²) in [6.45, 7) is 1.81. The quantitative estimate of drug-likeness (QED) is 0.241. The van der Waals surface area contributed by atoms with Crippen molar-refractivity contribution in [3.8, 4) is 17.2 Å². The van der Waals surface area contributed by atoms with Gasteiger partial charge in [-0.25, -0.2) is 13.2 Å². The molecule has 3 rings (SSSR count). The lowest BCUT2D eigenvalue weighted by atomic mass is 10.2. The summed E-state index contributed by atoms with van der Waals surface area (Å²) in [6.07, 6.45) is 1.68. The minimum absolute atomic E-state index is 0.0882. The van der Waals surface area contributed by atoms with Crippen molar-refractivity contribution in [2.45, 2.75) is 24.7 Å². The molecule has 0 spiro atoms. The van der Waals surface area contributed by atoms with E-state index in [0.717, 1.165) is 17.1 Å². The Bertz CT molecular complexity index is 1370. The van der Waals surface area contributed by atoms with E-state index >= 15 is 0 Å². The molecule has 0 saturated heterocycles. The fourth-order valence-electron chi connectivity index (χ4n) is 3.58. The zero-order valence-electron chi connectivity index (χ0n) is 22.3. The molecule has 39 heavy (non-hydrogen) atoms. The SMILES string of the molecule is CCCCOC(=O)c1ccc(NC(=O)CN(c2ccc(OC)cc2)S(=O)(=O)c2ccc(OC)c(OC)c2)cc1. The van der Waals surface area contributed by atoms with E-state index in [0.29, 0.717) is 29.4 Å². The van der Waals surface area contributed by atoms with Crippen LogP contribution in [0.25, 0.3) is 0 Å². The van der Waals surface area contributed by atoms with Crippen molar-refractivity contribution in [1.29, 1.82) is 0 Å². The Morgan fingerprint density at radius 2 is 1.51 bits per heavy atom. The number of carbonyl (C=O) groups is 2. The van der Waals surface area contributed by atoms with E-state index in [9.17, 15) is 18.0 Å². The largest absolute Gasteiger partial charge is 0.497 e. The second-order valence-corrected chi connectivity index (χ2v) is 10.2. The van der Waals surface area contributed by atoms with Crippen LogP contribution in [0.5, 0.6) is 17.2 Å². The van der Waals surface area contributed by atoms with Crippen molar-refractivity contribution in [2.75, 3.05) is 44.1 Å².